The molecule has 1 heterocycles. The van der Waals surface area contributed by atoms with E-state index >= 15 is 0 Å². The number of nitrogens with zero attached hydrogens (tertiary/aromatic N) is 1. The second-order valence-electron chi connectivity index (χ2n) is 2.83. The molecule has 70 valence electrons. The van der Waals surface area contributed by atoms with Crippen molar-refractivity contribution in [1.29, 1.82) is 0 Å². The van der Waals surface area contributed by atoms with Crippen molar-refractivity contribution in [3.63, 3.8) is 0 Å². The molecule has 0 aromatic heterocycles. The van der Waals surface area contributed by atoms with E-state index in [0.717, 1.165) is 12.8 Å². The number of hydrazine groups is 1. The standard InChI is InChI=1S/C6H13N3O3/c10-6(11)8-7-5-2-1-3-9(12)4-5/h5,7-8,12H,1-4H2,(H,10,11). The molecular weight excluding hydrogens is 162 g/mol. The summed E-state index contributed by atoms with van der Waals surface area (Å²) in [5.41, 5.74) is 4.66. The predicted molar refractivity (Wildman–Crippen MR) is 40.7 cm³/mol. The maximum Gasteiger partial charge on any atom is 0.419 e. The summed E-state index contributed by atoms with van der Waals surface area (Å²) in [7, 11) is 0. The number of hydrogen-bond donors (Lipinski definition) is 4. The van der Waals surface area contributed by atoms with E-state index in [1.165, 1.54) is 5.06 Å². The highest BCUT2D eigenvalue weighted by atomic mass is 16.5. The molecule has 1 aliphatic heterocycles. The molecule has 0 aliphatic carbocycles. The normalized spacial score (nSPS) is 25.2. The highest BCUT2D eigenvalue weighted by Crippen LogP contribution is 2.06. The topological polar surface area (TPSA) is 84.8 Å². The number of carboxylic acid groups (broad SMARTS) is 1. The molecular formula is C6H13N3O3. The maximum absolute atomic E-state index is 10.1. The van der Waals surface area contributed by atoms with E-state index in [2.05, 4.69) is 10.9 Å². The minimum Gasteiger partial charge on any atom is -0.464 e. The zero-order valence-corrected chi connectivity index (χ0v) is 6.66. The summed E-state index contributed by atoms with van der Waals surface area (Å²) in [5.74, 6) is 0. The molecule has 0 radical (unpaired) electrons. The van der Waals surface area contributed by atoms with Crippen LogP contribution in [0, 0.1) is 0 Å². The van der Waals surface area contributed by atoms with E-state index in [9.17, 15) is 4.79 Å². The first-order chi connectivity index (χ1) is 5.68. The maximum atomic E-state index is 10.1. The Bertz CT molecular complexity index is 164. The highest BCUT2D eigenvalue weighted by Gasteiger charge is 2.17. The van der Waals surface area contributed by atoms with Crippen LogP contribution in [0.1, 0.15) is 12.8 Å². The molecule has 12 heavy (non-hydrogen) atoms. The van der Waals surface area contributed by atoms with Gasteiger partial charge in [-0.2, -0.15) is 5.06 Å². The van der Waals surface area contributed by atoms with Gasteiger partial charge in [-0.15, -0.1) is 0 Å². The molecule has 1 aliphatic rings. The molecule has 1 rings (SSSR count). The van der Waals surface area contributed by atoms with E-state index in [1.807, 2.05) is 0 Å². The molecule has 1 atom stereocenters. The summed E-state index contributed by atoms with van der Waals surface area (Å²) in [5, 5.41) is 18.5. The number of rotatable bonds is 2. The number of amides is 1. The lowest BCUT2D eigenvalue weighted by atomic mass is 10.1. The van der Waals surface area contributed by atoms with Crippen molar-refractivity contribution in [3.8, 4) is 0 Å². The molecule has 6 heteroatoms. The molecule has 0 saturated carbocycles. The number of nitrogens with one attached hydrogen (secondary N) is 2. The third kappa shape index (κ3) is 3.04. The van der Waals surface area contributed by atoms with Crippen molar-refractivity contribution in [2.45, 2.75) is 18.9 Å². The molecule has 1 saturated heterocycles. The lowest BCUT2D eigenvalue weighted by molar-refractivity contribution is -0.111. The van der Waals surface area contributed by atoms with Crippen molar-refractivity contribution >= 4 is 6.09 Å². The second-order valence-corrected chi connectivity index (χ2v) is 2.83. The monoisotopic (exact) mass is 175 g/mol. The van der Waals surface area contributed by atoms with Gasteiger partial charge in [0.2, 0.25) is 0 Å². The van der Waals surface area contributed by atoms with Gasteiger partial charge in [0.15, 0.2) is 0 Å². The SMILES string of the molecule is O=C(O)NNC1CCCN(O)C1. The van der Waals surface area contributed by atoms with Gasteiger partial charge in [-0.3, -0.25) is 5.43 Å². The van der Waals surface area contributed by atoms with Crippen LogP contribution in [0.5, 0.6) is 0 Å². The average Bonchev–Trinajstić information content (AvgIpc) is 2.01. The van der Waals surface area contributed by atoms with Crippen LogP contribution < -0.4 is 10.9 Å². The highest BCUT2D eigenvalue weighted by molar-refractivity contribution is 5.63. The number of hydroxylamine groups is 2. The first-order valence-corrected chi connectivity index (χ1v) is 3.87. The Kier molecular flexibility index (Phi) is 3.27. The van der Waals surface area contributed by atoms with Crippen LogP contribution in [0.4, 0.5) is 4.79 Å². The molecule has 1 unspecified atom stereocenters. The first-order valence-electron chi connectivity index (χ1n) is 3.87. The fourth-order valence-corrected chi connectivity index (χ4v) is 1.24. The minimum atomic E-state index is -1.11. The molecule has 0 aromatic carbocycles. The fraction of sp³-hybridized carbons (Fsp3) is 0.833. The summed E-state index contributed by atoms with van der Waals surface area (Å²) < 4.78 is 0. The number of carbonyl (C=O) groups is 1. The Hall–Kier alpha value is -0.850. The van der Waals surface area contributed by atoms with E-state index in [4.69, 9.17) is 10.3 Å². The molecule has 1 fully saturated rings. The van der Waals surface area contributed by atoms with Crippen LogP contribution in [0.25, 0.3) is 0 Å². The van der Waals surface area contributed by atoms with Gasteiger partial charge >= 0.3 is 6.09 Å². The van der Waals surface area contributed by atoms with Gasteiger partial charge in [-0.05, 0) is 12.8 Å². The summed E-state index contributed by atoms with van der Waals surface area (Å²) >= 11 is 0. The van der Waals surface area contributed by atoms with Crippen molar-refractivity contribution < 1.29 is 15.1 Å². The summed E-state index contributed by atoms with van der Waals surface area (Å²) in [4.78, 5) is 10.1. The van der Waals surface area contributed by atoms with Gasteiger partial charge in [0.25, 0.3) is 0 Å². The van der Waals surface area contributed by atoms with E-state index < -0.39 is 6.09 Å². The number of piperidine rings is 1. The van der Waals surface area contributed by atoms with E-state index in [1.54, 1.807) is 0 Å². The Morgan fingerprint density at radius 2 is 2.33 bits per heavy atom. The van der Waals surface area contributed by atoms with E-state index in [0.29, 0.717) is 13.1 Å². The second kappa shape index (κ2) is 4.24. The van der Waals surface area contributed by atoms with Gasteiger partial charge in [0.05, 0.1) is 0 Å². The van der Waals surface area contributed by atoms with Crippen LogP contribution in [-0.4, -0.2) is 40.6 Å². The van der Waals surface area contributed by atoms with Crippen molar-refractivity contribution in [2.75, 3.05) is 13.1 Å². The predicted octanol–water partition coefficient (Wildman–Crippen LogP) is -0.388. The van der Waals surface area contributed by atoms with Gasteiger partial charge < -0.3 is 10.3 Å². The zero-order chi connectivity index (χ0) is 8.97. The molecule has 4 N–H and O–H groups in total. The third-order valence-corrected chi connectivity index (χ3v) is 1.78. The van der Waals surface area contributed by atoms with Gasteiger partial charge in [-0.1, -0.05) is 0 Å². The quantitative estimate of drug-likeness (QED) is 0.430. The van der Waals surface area contributed by atoms with E-state index in [-0.39, 0.29) is 6.04 Å². The lowest BCUT2D eigenvalue weighted by Crippen LogP contribution is -2.51. The van der Waals surface area contributed by atoms with Crippen LogP contribution in [-0.2, 0) is 0 Å². The fourth-order valence-electron chi connectivity index (χ4n) is 1.24. The molecule has 0 spiro atoms. The summed E-state index contributed by atoms with van der Waals surface area (Å²) in [6.45, 7) is 1.12. The van der Waals surface area contributed by atoms with Crippen molar-refractivity contribution in [2.24, 2.45) is 0 Å². The Morgan fingerprint density at radius 3 is 2.92 bits per heavy atom. The zero-order valence-electron chi connectivity index (χ0n) is 6.66. The van der Waals surface area contributed by atoms with Gasteiger partial charge in [0, 0.05) is 19.1 Å². The summed E-state index contributed by atoms with van der Waals surface area (Å²) in [6, 6.07) is -0.000139. The van der Waals surface area contributed by atoms with Crippen LogP contribution in [0.3, 0.4) is 0 Å². The van der Waals surface area contributed by atoms with Crippen LogP contribution >= 0.6 is 0 Å². The Balaban J connectivity index is 2.18. The largest absolute Gasteiger partial charge is 0.464 e. The number of hydrogen-bond acceptors (Lipinski definition) is 4. The molecule has 1 amide bonds. The smallest absolute Gasteiger partial charge is 0.419 e. The lowest BCUT2D eigenvalue weighted by Gasteiger charge is -2.28. The first kappa shape index (κ1) is 9.24. The molecule has 0 aromatic rings. The Labute approximate surface area is 70.1 Å². The molecule has 6 nitrogen and oxygen atoms in total. The molecule has 0 bridgehead atoms. The van der Waals surface area contributed by atoms with Crippen LogP contribution in [0.2, 0.25) is 0 Å². The third-order valence-electron chi connectivity index (χ3n) is 1.78. The van der Waals surface area contributed by atoms with Crippen molar-refractivity contribution in [3.05, 3.63) is 0 Å². The van der Waals surface area contributed by atoms with Crippen molar-refractivity contribution in [1.82, 2.24) is 15.9 Å². The Morgan fingerprint density at radius 1 is 1.58 bits per heavy atom. The summed E-state index contributed by atoms with van der Waals surface area (Å²) in [6.07, 6.45) is 0.636. The van der Waals surface area contributed by atoms with Gasteiger partial charge in [0.1, 0.15) is 0 Å². The van der Waals surface area contributed by atoms with Gasteiger partial charge in [-0.25, -0.2) is 10.2 Å². The average molecular weight is 175 g/mol. The van der Waals surface area contributed by atoms with Crippen LogP contribution in [0.15, 0.2) is 0 Å². The minimum absolute atomic E-state index is 0.000139.